The number of carbonyl (C=O) groups excluding carboxylic acids is 1. The molecule has 29 heavy (non-hydrogen) atoms. The highest BCUT2D eigenvalue weighted by Gasteiger charge is 2.26. The lowest BCUT2D eigenvalue weighted by atomic mass is 9.91. The van der Waals surface area contributed by atoms with Gasteiger partial charge in [0.05, 0.1) is 18.6 Å². The summed E-state index contributed by atoms with van der Waals surface area (Å²) in [5.41, 5.74) is 4.87. The molecule has 0 amide bonds. The predicted octanol–water partition coefficient (Wildman–Crippen LogP) is 6.31. The molecule has 0 bridgehead atoms. The van der Waals surface area contributed by atoms with Gasteiger partial charge in [0.25, 0.3) is 0 Å². The van der Waals surface area contributed by atoms with Crippen molar-refractivity contribution in [3.63, 3.8) is 0 Å². The largest absolute Gasteiger partial charge is 0.494 e. The maximum Gasteiger partial charge on any atom is 0.311 e. The van der Waals surface area contributed by atoms with Crippen LogP contribution in [0.2, 0.25) is 0 Å². The highest BCUT2D eigenvalue weighted by atomic mass is 16.5. The fraction of sp³-hybridized carbons (Fsp3) is 0.423. The van der Waals surface area contributed by atoms with E-state index >= 15 is 0 Å². The summed E-state index contributed by atoms with van der Waals surface area (Å²) in [5.74, 6) is 0.822. The first-order chi connectivity index (χ1) is 14.0. The summed E-state index contributed by atoms with van der Waals surface area (Å²) in [6.45, 7) is 7.04. The number of hydrogen-bond donors (Lipinski definition) is 0. The topological polar surface area (TPSA) is 35.5 Å². The van der Waals surface area contributed by atoms with Gasteiger partial charge in [-0.3, -0.25) is 4.79 Å². The minimum atomic E-state index is -0.383. The van der Waals surface area contributed by atoms with Crippen molar-refractivity contribution in [2.45, 2.75) is 52.9 Å². The Morgan fingerprint density at radius 3 is 2.52 bits per heavy atom. The van der Waals surface area contributed by atoms with Crippen LogP contribution < -0.4 is 4.74 Å². The lowest BCUT2D eigenvalue weighted by Crippen LogP contribution is -2.26. The Bertz CT molecular complexity index is 850. The van der Waals surface area contributed by atoms with E-state index in [9.17, 15) is 4.79 Å². The van der Waals surface area contributed by atoms with E-state index in [1.807, 2.05) is 26.8 Å². The van der Waals surface area contributed by atoms with Gasteiger partial charge >= 0.3 is 5.97 Å². The van der Waals surface area contributed by atoms with E-state index in [-0.39, 0.29) is 11.4 Å². The number of benzene rings is 2. The van der Waals surface area contributed by atoms with Crippen molar-refractivity contribution >= 4 is 17.6 Å². The van der Waals surface area contributed by atoms with Crippen LogP contribution >= 0.6 is 0 Å². The average Bonchev–Trinajstić information content (AvgIpc) is 3.17. The van der Waals surface area contributed by atoms with Gasteiger partial charge in [-0.15, -0.1) is 0 Å². The van der Waals surface area contributed by atoms with E-state index < -0.39 is 0 Å². The van der Waals surface area contributed by atoms with Gasteiger partial charge in [-0.25, -0.2) is 0 Å². The third-order valence-corrected chi connectivity index (χ3v) is 5.70. The summed E-state index contributed by atoms with van der Waals surface area (Å²) in [6, 6.07) is 16.9. The molecule has 1 aliphatic carbocycles. The summed E-state index contributed by atoms with van der Waals surface area (Å²) in [6.07, 6.45) is 6.86. The SMILES string of the molecule is CCC(C)(C)C(=O)OCCCCCOc1ccc2c(c1)C=C(c1ccccc1)C2. The Morgan fingerprint density at radius 2 is 1.76 bits per heavy atom. The molecule has 1 aliphatic rings. The molecule has 0 aliphatic heterocycles. The van der Waals surface area contributed by atoms with Crippen LogP contribution in [0.5, 0.6) is 5.75 Å². The van der Waals surface area contributed by atoms with Gasteiger partial charge in [-0.05, 0) is 80.3 Å². The van der Waals surface area contributed by atoms with Crippen molar-refractivity contribution in [1.82, 2.24) is 0 Å². The second-order valence-electron chi connectivity index (χ2n) is 8.36. The average molecular weight is 393 g/mol. The molecular weight excluding hydrogens is 360 g/mol. The summed E-state index contributed by atoms with van der Waals surface area (Å²) in [4.78, 5) is 11.9. The van der Waals surface area contributed by atoms with Crippen molar-refractivity contribution in [2.24, 2.45) is 5.41 Å². The minimum absolute atomic E-state index is 0.0997. The van der Waals surface area contributed by atoms with Crippen molar-refractivity contribution in [3.05, 3.63) is 65.2 Å². The van der Waals surface area contributed by atoms with Crippen molar-refractivity contribution in [3.8, 4) is 5.75 Å². The number of allylic oxidation sites excluding steroid dienone is 1. The Balaban J connectivity index is 1.39. The number of fused-ring (bicyclic) bond motifs is 1. The van der Waals surface area contributed by atoms with Crippen LogP contribution in [0.1, 0.15) is 63.1 Å². The summed E-state index contributed by atoms with van der Waals surface area (Å²) >= 11 is 0. The summed E-state index contributed by atoms with van der Waals surface area (Å²) in [5, 5.41) is 0. The molecular formula is C26H32O3. The maximum absolute atomic E-state index is 11.9. The molecule has 0 saturated heterocycles. The van der Waals surface area contributed by atoms with Crippen LogP contribution in [0.4, 0.5) is 0 Å². The third-order valence-electron chi connectivity index (χ3n) is 5.70. The van der Waals surface area contributed by atoms with Crippen LogP contribution in [0.25, 0.3) is 11.6 Å². The van der Waals surface area contributed by atoms with Crippen LogP contribution in [-0.4, -0.2) is 19.2 Å². The normalized spacial score (nSPS) is 13.0. The molecule has 0 spiro atoms. The Hall–Kier alpha value is -2.55. The Morgan fingerprint density at radius 1 is 1.00 bits per heavy atom. The van der Waals surface area contributed by atoms with E-state index in [1.54, 1.807) is 0 Å². The fourth-order valence-corrected chi connectivity index (χ4v) is 3.32. The van der Waals surface area contributed by atoms with Crippen LogP contribution in [0.15, 0.2) is 48.5 Å². The molecule has 0 unspecified atom stereocenters. The molecule has 0 atom stereocenters. The van der Waals surface area contributed by atoms with Crippen molar-refractivity contribution < 1.29 is 14.3 Å². The molecule has 0 fully saturated rings. The number of rotatable bonds is 10. The van der Waals surface area contributed by atoms with E-state index in [0.29, 0.717) is 13.2 Å². The van der Waals surface area contributed by atoms with Gasteiger partial charge in [0.2, 0.25) is 0 Å². The quantitative estimate of drug-likeness (QED) is 0.351. The van der Waals surface area contributed by atoms with E-state index in [4.69, 9.17) is 9.47 Å². The molecule has 2 aromatic carbocycles. The van der Waals surface area contributed by atoms with Gasteiger partial charge in [0, 0.05) is 0 Å². The van der Waals surface area contributed by atoms with E-state index in [0.717, 1.165) is 37.9 Å². The molecule has 3 rings (SSSR count). The second-order valence-corrected chi connectivity index (χ2v) is 8.36. The molecule has 0 heterocycles. The lowest BCUT2D eigenvalue weighted by molar-refractivity contribution is -0.154. The van der Waals surface area contributed by atoms with Gasteiger partial charge in [-0.2, -0.15) is 0 Å². The number of esters is 1. The monoisotopic (exact) mass is 392 g/mol. The zero-order valence-corrected chi connectivity index (χ0v) is 17.9. The minimum Gasteiger partial charge on any atom is -0.494 e. The number of ether oxygens (including phenoxy) is 2. The molecule has 0 radical (unpaired) electrons. The third kappa shape index (κ3) is 5.72. The summed E-state index contributed by atoms with van der Waals surface area (Å²) in [7, 11) is 0. The molecule has 0 saturated carbocycles. The Labute approximate surface area is 174 Å². The second kappa shape index (κ2) is 9.78. The first-order valence-corrected chi connectivity index (χ1v) is 10.7. The van der Waals surface area contributed by atoms with Crippen LogP contribution in [0, 0.1) is 5.41 Å². The molecule has 3 nitrogen and oxygen atoms in total. The highest BCUT2D eigenvalue weighted by Crippen LogP contribution is 2.33. The van der Waals surface area contributed by atoms with Crippen molar-refractivity contribution in [1.29, 1.82) is 0 Å². The maximum atomic E-state index is 11.9. The van der Waals surface area contributed by atoms with Gasteiger partial charge < -0.3 is 9.47 Å². The molecule has 2 aromatic rings. The molecule has 0 aromatic heterocycles. The lowest BCUT2D eigenvalue weighted by Gasteiger charge is -2.20. The number of unbranched alkanes of at least 4 members (excludes halogenated alkanes) is 2. The molecule has 154 valence electrons. The molecule has 3 heteroatoms. The standard InChI is InChI=1S/C26H32O3/c1-4-26(2,3)25(27)29-16-10-6-9-15-28-24-14-13-21-17-22(18-23(21)19-24)20-11-7-5-8-12-20/h5,7-8,11-14,18-19H,4,6,9-10,15-17H2,1-3H3. The first kappa shape index (κ1) is 21.2. The van der Waals surface area contributed by atoms with Gasteiger partial charge in [0.15, 0.2) is 0 Å². The zero-order valence-electron chi connectivity index (χ0n) is 17.9. The van der Waals surface area contributed by atoms with Gasteiger partial charge in [0.1, 0.15) is 5.75 Å². The number of carbonyl (C=O) groups is 1. The van der Waals surface area contributed by atoms with E-state index in [2.05, 4.69) is 48.5 Å². The van der Waals surface area contributed by atoms with Crippen LogP contribution in [0.3, 0.4) is 0 Å². The fourth-order valence-electron chi connectivity index (χ4n) is 3.32. The zero-order chi connectivity index (χ0) is 20.7. The number of hydrogen-bond acceptors (Lipinski definition) is 3. The van der Waals surface area contributed by atoms with E-state index in [1.165, 1.54) is 22.3 Å². The van der Waals surface area contributed by atoms with Gasteiger partial charge in [-0.1, -0.05) is 49.4 Å². The first-order valence-electron chi connectivity index (χ1n) is 10.7. The highest BCUT2D eigenvalue weighted by molar-refractivity contribution is 5.88. The predicted molar refractivity (Wildman–Crippen MR) is 119 cm³/mol. The summed E-state index contributed by atoms with van der Waals surface area (Å²) < 4.78 is 11.3. The van der Waals surface area contributed by atoms with Crippen molar-refractivity contribution in [2.75, 3.05) is 13.2 Å². The Kier molecular flexibility index (Phi) is 7.13. The van der Waals surface area contributed by atoms with Crippen LogP contribution in [-0.2, 0) is 16.0 Å². The smallest absolute Gasteiger partial charge is 0.311 e. The molecule has 0 N–H and O–H groups in total.